The van der Waals surface area contributed by atoms with Crippen LogP contribution in [0.15, 0.2) is 18.2 Å². The lowest BCUT2D eigenvalue weighted by molar-refractivity contribution is -0.146. The van der Waals surface area contributed by atoms with Crippen molar-refractivity contribution in [1.82, 2.24) is 20.4 Å². The summed E-state index contributed by atoms with van der Waals surface area (Å²) in [5.41, 5.74) is 0.364. The van der Waals surface area contributed by atoms with Crippen molar-refractivity contribution in [2.24, 2.45) is 11.3 Å². The van der Waals surface area contributed by atoms with Gasteiger partial charge in [-0.2, -0.15) is 0 Å². The Balaban J connectivity index is 1.69. The third-order valence-electron chi connectivity index (χ3n) is 6.61. The number of rotatable bonds is 5. The van der Waals surface area contributed by atoms with E-state index in [1.807, 2.05) is 27.7 Å². The molecule has 188 valence electrons. The molecular formula is C25H36ClFN4O3. The van der Waals surface area contributed by atoms with Gasteiger partial charge < -0.3 is 20.4 Å². The third-order valence-corrected chi connectivity index (χ3v) is 6.84. The van der Waals surface area contributed by atoms with Crippen LogP contribution in [-0.2, 0) is 14.4 Å². The molecule has 2 N–H and O–H groups in total. The molecule has 1 aromatic carbocycles. The van der Waals surface area contributed by atoms with Gasteiger partial charge >= 0.3 is 0 Å². The van der Waals surface area contributed by atoms with Crippen LogP contribution in [0.4, 0.5) is 4.39 Å². The standard InChI is InChI=1S/C25H36ClFN4O3/c1-15-14-30(24(34)22(29-16(2)32)11-25(3,4)5)8-9-31(15)23(33)20-13-28-12-19(20)18-7-6-17(26)10-21(18)27/h6-7,10,15,19-20,22,28H,8-9,11-14H2,1-5H3,(H,29,32)/t15-,19-,20+,22-/m0/s1. The second-order valence-electron chi connectivity index (χ2n) is 10.7. The molecule has 3 rings (SSSR count). The highest BCUT2D eigenvalue weighted by Crippen LogP contribution is 2.33. The third kappa shape index (κ3) is 6.27. The summed E-state index contributed by atoms with van der Waals surface area (Å²) >= 11 is 5.90. The van der Waals surface area contributed by atoms with E-state index in [1.54, 1.807) is 21.9 Å². The van der Waals surface area contributed by atoms with Crippen LogP contribution in [-0.4, -0.2) is 72.3 Å². The number of nitrogens with zero attached hydrogens (tertiary/aromatic N) is 2. The first-order chi connectivity index (χ1) is 15.9. The van der Waals surface area contributed by atoms with E-state index in [2.05, 4.69) is 10.6 Å². The SMILES string of the molecule is CC(=O)N[C@@H](CC(C)(C)C)C(=O)N1CCN(C(=O)[C@@H]2CNC[C@H]2c2ccc(Cl)cc2F)[C@@H](C)C1. The molecule has 0 bridgehead atoms. The highest BCUT2D eigenvalue weighted by atomic mass is 35.5. The molecule has 2 aliphatic rings. The van der Waals surface area contributed by atoms with Crippen molar-refractivity contribution in [2.45, 2.75) is 59.0 Å². The van der Waals surface area contributed by atoms with Gasteiger partial charge in [-0.3, -0.25) is 14.4 Å². The van der Waals surface area contributed by atoms with Crippen LogP contribution in [0.5, 0.6) is 0 Å². The maximum Gasteiger partial charge on any atom is 0.245 e. The Morgan fingerprint density at radius 1 is 1.24 bits per heavy atom. The number of halogens is 2. The minimum absolute atomic E-state index is 0.0305. The molecule has 2 heterocycles. The maximum atomic E-state index is 14.6. The van der Waals surface area contributed by atoms with Crippen molar-refractivity contribution in [3.05, 3.63) is 34.6 Å². The first-order valence-electron chi connectivity index (χ1n) is 11.9. The molecule has 34 heavy (non-hydrogen) atoms. The molecule has 0 unspecified atom stereocenters. The number of carbonyl (C=O) groups is 3. The fourth-order valence-corrected chi connectivity index (χ4v) is 5.20. The quantitative estimate of drug-likeness (QED) is 0.659. The van der Waals surface area contributed by atoms with Gasteiger partial charge in [-0.15, -0.1) is 0 Å². The summed E-state index contributed by atoms with van der Waals surface area (Å²) in [6, 6.07) is 3.81. The summed E-state index contributed by atoms with van der Waals surface area (Å²) in [5, 5.41) is 6.35. The van der Waals surface area contributed by atoms with Crippen molar-refractivity contribution in [2.75, 3.05) is 32.7 Å². The van der Waals surface area contributed by atoms with Crippen molar-refractivity contribution in [3.8, 4) is 0 Å². The number of amides is 3. The summed E-state index contributed by atoms with van der Waals surface area (Å²) in [6.45, 7) is 11.6. The van der Waals surface area contributed by atoms with Crippen molar-refractivity contribution >= 4 is 29.3 Å². The first-order valence-corrected chi connectivity index (χ1v) is 12.3. The first kappa shape index (κ1) is 26.4. The Labute approximate surface area is 206 Å². The maximum absolute atomic E-state index is 14.6. The van der Waals surface area contributed by atoms with E-state index in [4.69, 9.17) is 11.6 Å². The van der Waals surface area contributed by atoms with E-state index >= 15 is 0 Å². The second-order valence-corrected chi connectivity index (χ2v) is 11.2. The molecule has 9 heteroatoms. The van der Waals surface area contributed by atoms with E-state index < -0.39 is 11.9 Å². The Kier molecular flexibility index (Phi) is 8.24. The van der Waals surface area contributed by atoms with Gasteiger partial charge in [0, 0.05) is 56.6 Å². The minimum Gasteiger partial charge on any atom is -0.345 e. The number of benzene rings is 1. The zero-order valence-corrected chi connectivity index (χ0v) is 21.4. The van der Waals surface area contributed by atoms with Gasteiger partial charge in [0.15, 0.2) is 0 Å². The van der Waals surface area contributed by atoms with Gasteiger partial charge in [0.1, 0.15) is 11.9 Å². The van der Waals surface area contributed by atoms with Crippen LogP contribution in [0.3, 0.4) is 0 Å². The average Bonchev–Trinajstić information content (AvgIpc) is 3.20. The van der Waals surface area contributed by atoms with Crippen molar-refractivity contribution < 1.29 is 18.8 Å². The lowest BCUT2D eigenvalue weighted by Gasteiger charge is -2.42. The highest BCUT2D eigenvalue weighted by Gasteiger charge is 2.41. The molecule has 0 radical (unpaired) electrons. The van der Waals surface area contributed by atoms with Crippen molar-refractivity contribution in [3.63, 3.8) is 0 Å². The fourth-order valence-electron chi connectivity index (χ4n) is 5.04. The summed E-state index contributed by atoms with van der Waals surface area (Å²) < 4.78 is 14.6. The number of nitrogens with one attached hydrogen (secondary N) is 2. The van der Waals surface area contributed by atoms with Gasteiger partial charge in [0.25, 0.3) is 0 Å². The van der Waals surface area contributed by atoms with Gasteiger partial charge in [-0.25, -0.2) is 4.39 Å². The molecule has 0 aromatic heterocycles. The predicted molar refractivity (Wildman–Crippen MR) is 130 cm³/mol. The number of piperazine rings is 1. The van der Waals surface area contributed by atoms with E-state index in [0.29, 0.717) is 49.7 Å². The minimum atomic E-state index is -0.594. The fraction of sp³-hybridized carbons (Fsp3) is 0.640. The molecule has 0 aliphatic carbocycles. The zero-order chi connectivity index (χ0) is 25.2. The van der Waals surface area contributed by atoms with Gasteiger partial charge in [-0.05, 0) is 36.5 Å². The molecule has 4 atom stereocenters. The van der Waals surface area contributed by atoms with E-state index in [9.17, 15) is 18.8 Å². The topological polar surface area (TPSA) is 81.8 Å². The molecule has 1 aromatic rings. The van der Waals surface area contributed by atoms with Crippen LogP contribution in [0.25, 0.3) is 0 Å². The second kappa shape index (κ2) is 10.6. The number of hydrogen-bond acceptors (Lipinski definition) is 4. The molecule has 0 spiro atoms. The molecule has 2 aliphatic heterocycles. The van der Waals surface area contributed by atoms with Gasteiger partial charge in [0.05, 0.1) is 5.92 Å². The van der Waals surface area contributed by atoms with E-state index in [1.165, 1.54) is 13.0 Å². The average molecular weight is 495 g/mol. The van der Waals surface area contributed by atoms with Crippen LogP contribution >= 0.6 is 11.6 Å². The number of carbonyl (C=O) groups excluding carboxylic acids is 3. The van der Waals surface area contributed by atoms with Crippen LogP contribution in [0, 0.1) is 17.2 Å². The Morgan fingerprint density at radius 3 is 2.53 bits per heavy atom. The van der Waals surface area contributed by atoms with Gasteiger partial charge in [-0.1, -0.05) is 38.4 Å². The van der Waals surface area contributed by atoms with Crippen LogP contribution in [0.1, 0.15) is 52.5 Å². The Hall–Kier alpha value is -2.19. The summed E-state index contributed by atoms with van der Waals surface area (Å²) in [4.78, 5) is 42.0. The lowest BCUT2D eigenvalue weighted by atomic mass is 9.86. The largest absolute Gasteiger partial charge is 0.345 e. The summed E-state index contributed by atoms with van der Waals surface area (Å²) in [6.07, 6.45) is 0.529. The normalized spacial score (nSPS) is 24.1. The monoisotopic (exact) mass is 494 g/mol. The van der Waals surface area contributed by atoms with Crippen LogP contribution < -0.4 is 10.6 Å². The van der Waals surface area contributed by atoms with Crippen LogP contribution in [0.2, 0.25) is 5.02 Å². The predicted octanol–water partition coefficient (Wildman–Crippen LogP) is 2.78. The zero-order valence-electron chi connectivity index (χ0n) is 20.7. The highest BCUT2D eigenvalue weighted by molar-refractivity contribution is 6.30. The molecule has 2 saturated heterocycles. The molecule has 3 amide bonds. The Morgan fingerprint density at radius 2 is 1.94 bits per heavy atom. The summed E-state index contributed by atoms with van der Waals surface area (Å²) in [7, 11) is 0. The molecule has 0 saturated carbocycles. The van der Waals surface area contributed by atoms with Gasteiger partial charge in [0.2, 0.25) is 17.7 Å². The number of hydrogen-bond donors (Lipinski definition) is 2. The smallest absolute Gasteiger partial charge is 0.245 e. The molecule has 2 fully saturated rings. The molecule has 7 nitrogen and oxygen atoms in total. The van der Waals surface area contributed by atoms with E-state index in [0.717, 1.165) is 0 Å². The summed E-state index contributed by atoms with van der Waals surface area (Å²) in [5.74, 6) is -1.44. The molecular weight excluding hydrogens is 459 g/mol. The van der Waals surface area contributed by atoms with Crippen molar-refractivity contribution in [1.29, 1.82) is 0 Å². The lowest BCUT2D eigenvalue weighted by Crippen LogP contribution is -2.60. The Bertz CT molecular complexity index is 935. The van der Waals surface area contributed by atoms with E-state index in [-0.39, 0.29) is 41.0 Å².